The summed E-state index contributed by atoms with van der Waals surface area (Å²) in [5.74, 6) is -3.96. The fourth-order valence-corrected chi connectivity index (χ4v) is 3.89. The Morgan fingerprint density at radius 1 is 0.933 bits per heavy atom. The molecule has 1 saturated carbocycles. The summed E-state index contributed by atoms with van der Waals surface area (Å²) >= 11 is 0. The molecule has 2 aromatic carbocycles. The first-order chi connectivity index (χ1) is 14.3. The lowest BCUT2D eigenvalue weighted by Gasteiger charge is -2.33. The lowest BCUT2D eigenvalue weighted by Crippen LogP contribution is -2.48. The van der Waals surface area contributed by atoms with Crippen LogP contribution in [0.15, 0.2) is 54.6 Å². The predicted molar refractivity (Wildman–Crippen MR) is 113 cm³/mol. The van der Waals surface area contributed by atoms with Gasteiger partial charge in [0, 0.05) is 6.04 Å². The van der Waals surface area contributed by atoms with Crippen LogP contribution in [0.2, 0.25) is 0 Å². The third kappa shape index (κ3) is 5.26. The highest BCUT2D eigenvalue weighted by Crippen LogP contribution is 2.34. The van der Waals surface area contributed by atoms with Crippen LogP contribution in [-0.2, 0) is 20.8 Å². The van der Waals surface area contributed by atoms with E-state index in [2.05, 4.69) is 5.32 Å². The maximum atomic E-state index is 12.6. The molecule has 1 unspecified atom stereocenters. The van der Waals surface area contributed by atoms with E-state index in [1.54, 1.807) is 6.92 Å². The van der Waals surface area contributed by atoms with Crippen LogP contribution in [0.3, 0.4) is 0 Å². The topological polar surface area (TPSA) is 104 Å². The van der Waals surface area contributed by atoms with E-state index >= 15 is 0 Å². The van der Waals surface area contributed by atoms with E-state index in [-0.39, 0.29) is 18.4 Å². The van der Waals surface area contributed by atoms with Gasteiger partial charge in [0.2, 0.25) is 5.91 Å². The number of carbonyl (C=O) groups excluding carboxylic acids is 1. The minimum Gasteiger partial charge on any atom is -0.481 e. The quantitative estimate of drug-likeness (QED) is 0.587. The predicted octanol–water partition coefficient (Wildman–Crippen LogP) is 3.60. The summed E-state index contributed by atoms with van der Waals surface area (Å²) in [7, 11) is 0. The number of hydrogen-bond acceptors (Lipinski definition) is 3. The van der Waals surface area contributed by atoms with Crippen molar-refractivity contribution in [3.8, 4) is 11.1 Å². The molecular weight excluding hydrogens is 382 g/mol. The molecular formula is C24H27NO5. The van der Waals surface area contributed by atoms with Gasteiger partial charge >= 0.3 is 11.9 Å². The Kier molecular flexibility index (Phi) is 6.87. The SMILES string of the molecule is C[C@H](CC(Cc1ccc(-c2ccccc2)cc1)NC(=O)[C@@H]1CC[C@@H]1C(=O)O)C(=O)O. The molecule has 0 bridgehead atoms. The summed E-state index contributed by atoms with van der Waals surface area (Å²) in [6.07, 6.45) is 1.83. The first-order valence-corrected chi connectivity index (χ1v) is 10.3. The van der Waals surface area contributed by atoms with Crippen molar-refractivity contribution in [3.05, 3.63) is 60.2 Å². The lowest BCUT2D eigenvalue weighted by atomic mass is 9.73. The van der Waals surface area contributed by atoms with Crippen molar-refractivity contribution in [2.45, 2.75) is 38.6 Å². The van der Waals surface area contributed by atoms with Crippen molar-refractivity contribution in [2.24, 2.45) is 17.8 Å². The van der Waals surface area contributed by atoms with E-state index in [1.165, 1.54) is 0 Å². The highest BCUT2D eigenvalue weighted by molar-refractivity contribution is 5.86. The van der Waals surface area contributed by atoms with Crippen LogP contribution in [0.1, 0.15) is 31.7 Å². The second kappa shape index (κ2) is 9.57. The summed E-state index contributed by atoms with van der Waals surface area (Å²) < 4.78 is 0. The van der Waals surface area contributed by atoms with Gasteiger partial charge in [-0.05, 0) is 42.4 Å². The molecule has 0 radical (unpaired) electrons. The molecule has 0 saturated heterocycles. The Morgan fingerprint density at radius 3 is 2.07 bits per heavy atom. The van der Waals surface area contributed by atoms with Crippen LogP contribution >= 0.6 is 0 Å². The summed E-state index contributed by atoms with van der Waals surface area (Å²) in [6.45, 7) is 1.61. The minimum atomic E-state index is -0.951. The monoisotopic (exact) mass is 409 g/mol. The second-order valence-corrected chi connectivity index (χ2v) is 8.08. The second-order valence-electron chi connectivity index (χ2n) is 8.08. The van der Waals surface area contributed by atoms with Gasteiger partial charge in [-0.25, -0.2) is 0 Å². The van der Waals surface area contributed by atoms with Crippen LogP contribution in [-0.4, -0.2) is 34.1 Å². The molecule has 3 N–H and O–H groups in total. The van der Waals surface area contributed by atoms with Crippen molar-refractivity contribution < 1.29 is 24.6 Å². The third-order valence-electron chi connectivity index (χ3n) is 5.88. The van der Waals surface area contributed by atoms with E-state index in [0.717, 1.165) is 16.7 Å². The molecule has 2 aromatic rings. The Balaban J connectivity index is 1.70. The first-order valence-electron chi connectivity index (χ1n) is 10.3. The summed E-state index contributed by atoms with van der Waals surface area (Å²) in [5, 5.41) is 21.4. The zero-order valence-electron chi connectivity index (χ0n) is 17.0. The zero-order chi connectivity index (χ0) is 21.7. The number of rotatable bonds is 9. The van der Waals surface area contributed by atoms with Crippen molar-refractivity contribution in [3.63, 3.8) is 0 Å². The Hall–Kier alpha value is -3.15. The van der Waals surface area contributed by atoms with Gasteiger partial charge in [-0.15, -0.1) is 0 Å². The zero-order valence-corrected chi connectivity index (χ0v) is 17.0. The maximum absolute atomic E-state index is 12.6. The smallest absolute Gasteiger partial charge is 0.307 e. The van der Waals surface area contributed by atoms with Crippen molar-refractivity contribution in [1.29, 1.82) is 0 Å². The fraction of sp³-hybridized carbons (Fsp3) is 0.375. The first kappa shape index (κ1) is 21.6. The number of nitrogens with one attached hydrogen (secondary N) is 1. The molecule has 0 heterocycles. The molecule has 1 aliphatic carbocycles. The standard InChI is InChI=1S/C24H27NO5/c1-15(23(27)28)13-19(25-22(26)20-11-12-21(20)24(29)30)14-16-7-9-18(10-8-16)17-5-3-2-4-6-17/h2-10,15,19-21H,11-14H2,1H3,(H,25,26)(H,27,28)(H,29,30)/t15-,19?,20-,21+/m1/s1. The van der Waals surface area contributed by atoms with Gasteiger partial charge in [-0.2, -0.15) is 0 Å². The van der Waals surface area contributed by atoms with Crippen molar-refractivity contribution >= 4 is 17.8 Å². The molecule has 0 aromatic heterocycles. The molecule has 3 rings (SSSR count). The number of aliphatic carboxylic acids is 2. The van der Waals surface area contributed by atoms with Gasteiger partial charge in [0.05, 0.1) is 17.8 Å². The van der Waals surface area contributed by atoms with Gasteiger partial charge in [0.25, 0.3) is 0 Å². The van der Waals surface area contributed by atoms with Crippen molar-refractivity contribution in [1.82, 2.24) is 5.32 Å². The number of carbonyl (C=O) groups is 3. The van der Waals surface area contributed by atoms with E-state index in [1.807, 2.05) is 54.6 Å². The molecule has 158 valence electrons. The maximum Gasteiger partial charge on any atom is 0.307 e. The van der Waals surface area contributed by atoms with Gasteiger partial charge in [0.15, 0.2) is 0 Å². The number of hydrogen-bond donors (Lipinski definition) is 3. The molecule has 1 aliphatic rings. The van der Waals surface area contributed by atoms with Crippen LogP contribution in [0.4, 0.5) is 0 Å². The number of carboxylic acid groups (broad SMARTS) is 2. The Morgan fingerprint density at radius 2 is 1.53 bits per heavy atom. The highest BCUT2D eigenvalue weighted by atomic mass is 16.4. The van der Waals surface area contributed by atoms with Crippen LogP contribution in [0.25, 0.3) is 11.1 Å². The average molecular weight is 409 g/mol. The fourth-order valence-electron chi connectivity index (χ4n) is 3.89. The molecule has 6 nitrogen and oxygen atoms in total. The van der Waals surface area contributed by atoms with Gasteiger partial charge in [-0.1, -0.05) is 61.5 Å². The van der Waals surface area contributed by atoms with Gasteiger partial charge < -0.3 is 15.5 Å². The van der Waals surface area contributed by atoms with E-state index in [0.29, 0.717) is 19.3 Å². The summed E-state index contributed by atoms with van der Waals surface area (Å²) in [5.41, 5.74) is 3.18. The molecule has 0 spiro atoms. The van der Waals surface area contributed by atoms with E-state index in [9.17, 15) is 24.6 Å². The van der Waals surface area contributed by atoms with Gasteiger partial charge in [-0.3, -0.25) is 14.4 Å². The molecule has 30 heavy (non-hydrogen) atoms. The number of amides is 1. The normalized spacial score (nSPS) is 19.9. The van der Waals surface area contributed by atoms with Crippen LogP contribution in [0.5, 0.6) is 0 Å². The number of carboxylic acids is 2. The summed E-state index contributed by atoms with van der Waals surface area (Å²) in [4.78, 5) is 35.2. The van der Waals surface area contributed by atoms with E-state index < -0.39 is 29.7 Å². The molecule has 6 heteroatoms. The molecule has 4 atom stereocenters. The average Bonchev–Trinajstić information content (AvgIpc) is 2.67. The van der Waals surface area contributed by atoms with Crippen LogP contribution in [0, 0.1) is 17.8 Å². The highest BCUT2D eigenvalue weighted by Gasteiger charge is 2.42. The minimum absolute atomic E-state index is 0.284. The van der Waals surface area contributed by atoms with Crippen molar-refractivity contribution in [2.75, 3.05) is 0 Å². The largest absolute Gasteiger partial charge is 0.481 e. The third-order valence-corrected chi connectivity index (χ3v) is 5.88. The Labute approximate surface area is 175 Å². The van der Waals surface area contributed by atoms with Gasteiger partial charge in [0.1, 0.15) is 0 Å². The molecule has 1 amide bonds. The Bertz CT molecular complexity index is 894. The molecule has 0 aliphatic heterocycles. The lowest BCUT2D eigenvalue weighted by molar-refractivity contribution is -0.153. The van der Waals surface area contributed by atoms with E-state index in [4.69, 9.17) is 0 Å². The molecule has 1 fully saturated rings. The summed E-state index contributed by atoms with van der Waals surface area (Å²) in [6, 6.07) is 17.6. The number of benzene rings is 2. The van der Waals surface area contributed by atoms with Crippen LogP contribution < -0.4 is 5.32 Å².